The van der Waals surface area contributed by atoms with E-state index in [4.69, 9.17) is 5.11 Å². The number of carboxylic acids is 1. The minimum Gasteiger partial charge on any atom is -0.480 e. The van der Waals surface area contributed by atoms with Gasteiger partial charge in [-0.3, -0.25) is 9.59 Å². The van der Waals surface area contributed by atoms with Crippen LogP contribution in [0.2, 0.25) is 0 Å². The summed E-state index contributed by atoms with van der Waals surface area (Å²) in [6.07, 6.45) is 3.63. The molecule has 2 N–H and O–H groups in total. The summed E-state index contributed by atoms with van der Waals surface area (Å²) < 4.78 is 1.12. The number of hydrogen-bond donors (Lipinski definition) is 2. The minimum atomic E-state index is -1.02. The first kappa shape index (κ1) is 11.6. The van der Waals surface area contributed by atoms with Crippen molar-refractivity contribution in [2.75, 3.05) is 0 Å². The highest BCUT2D eigenvalue weighted by molar-refractivity contribution is 5.92. The molecule has 0 saturated heterocycles. The fourth-order valence-electron chi connectivity index (χ4n) is 1.61. The molecule has 1 unspecified atom stereocenters. The van der Waals surface area contributed by atoms with Crippen LogP contribution in [0.3, 0.4) is 0 Å². The van der Waals surface area contributed by atoms with Crippen LogP contribution in [0.1, 0.15) is 30.3 Å². The zero-order chi connectivity index (χ0) is 12.4. The Kier molecular flexibility index (Phi) is 3.08. The van der Waals surface area contributed by atoms with Crippen molar-refractivity contribution in [3.05, 3.63) is 11.9 Å². The number of nitrogens with zero attached hydrogens (tertiary/aromatic N) is 3. The van der Waals surface area contributed by atoms with E-state index in [1.807, 2.05) is 6.92 Å². The van der Waals surface area contributed by atoms with Gasteiger partial charge in [-0.25, -0.2) is 4.68 Å². The van der Waals surface area contributed by atoms with Gasteiger partial charge in [0.1, 0.15) is 6.54 Å². The lowest BCUT2D eigenvalue weighted by molar-refractivity contribution is -0.137. The fraction of sp³-hybridized carbons (Fsp3) is 0.600. The van der Waals surface area contributed by atoms with Gasteiger partial charge in [0.25, 0.3) is 5.91 Å². The summed E-state index contributed by atoms with van der Waals surface area (Å²) in [5.41, 5.74) is 0.152. The molecule has 0 spiro atoms. The lowest BCUT2D eigenvalue weighted by atomic mass is 10.2. The maximum absolute atomic E-state index is 11.7. The van der Waals surface area contributed by atoms with Crippen molar-refractivity contribution in [3.63, 3.8) is 0 Å². The topological polar surface area (TPSA) is 97.1 Å². The first-order valence-corrected chi connectivity index (χ1v) is 5.49. The number of aromatic nitrogens is 3. The van der Waals surface area contributed by atoms with Crippen LogP contribution in [0, 0.1) is 5.92 Å². The number of rotatable bonds is 5. The van der Waals surface area contributed by atoms with E-state index in [9.17, 15) is 9.59 Å². The number of amides is 1. The molecule has 2 rings (SSSR count). The summed E-state index contributed by atoms with van der Waals surface area (Å²) in [4.78, 5) is 22.1. The lowest BCUT2D eigenvalue weighted by Crippen LogP contribution is -2.34. The Balaban J connectivity index is 1.93. The van der Waals surface area contributed by atoms with Crippen LogP contribution in [0.4, 0.5) is 0 Å². The summed E-state index contributed by atoms with van der Waals surface area (Å²) in [5, 5.41) is 18.6. The zero-order valence-electron chi connectivity index (χ0n) is 9.46. The normalized spacial score (nSPS) is 16.5. The van der Waals surface area contributed by atoms with Crippen molar-refractivity contribution in [3.8, 4) is 0 Å². The second kappa shape index (κ2) is 4.52. The van der Waals surface area contributed by atoms with Crippen LogP contribution in [0.15, 0.2) is 6.20 Å². The van der Waals surface area contributed by atoms with E-state index < -0.39 is 5.97 Å². The number of carboxylic acid groups (broad SMARTS) is 1. The SMILES string of the molecule is CC(NC(=O)c1cn(CC(=O)O)nn1)C1CC1. The summed E-state index contributed by atoms with van der Waals surface area (Å²) in [6, 6.07) is 0.132. The molecule has 0 bridgehead atoms. The molecule has 1 aliphatic rings. The predicted molar refractivity (Wildman–Crippen MR) is 57.3 cm³/mol. The number of aliphatic carboxylic acids is 1. The summed E-state index contributed by atoms with van der Waals surface area (Å²) in [6.45, 7) is 1.66. The predicted octanol–water partition coefficient (Wildman–Crippen LogP) is -0.109. The van der Waals surface area contributed by atoms with Crippen molar-refractivity contribution < 1.29 is 14.7 Å². The molecule has 1 aliphatic carbocycles. The molecule has 1 saturated carbocycles. The molecule has 1 aromatic rings. The average Bonchev–Trinajstić information content (AvgIpc) is 2.99. The third-order valence-electron chi connectivity index (χ3n) is 2.76. The van der Waals surface area contributed by atoms with Crippen LogP contribution < -0.4 is 5.32 Å². The number of carbonyl (C=O) groups excluding carboxylic acids is 1. The van der Waals surface area contributed by atoms with Crippen molar-refractivity contribution in [1.82, 2.24) is 20.3 Å². The quantitative estimate of drug-likeness (QED) is 0.746. The maximum Gasteiger partial charge on any atom is 0.325 e. The number of nitrogens with one attached hydrogen (secondary N) is 1. The molecule has 7 nitrogen and oxygen atoms in total. The summed E-state index contributed by atoms with van der Waals surface area (Å²) in [5.74, 6) is -0.762. The van der Waals surface area contributed by atoms with Gasteiger partial charge in [0.2, 0.25) is 0 Å². The fourth-order valence-corrected chi connectivity index (χ4v) is 1.61. The highest BCUT2D eigenvalue weighted by Gasteiger charge is 2.29. The third-order valence-corrected chi connectivity index (χ3v) is 2.76. The molecule has 1 fully saturated rings. The third kappa shape index (κ3) is 3.02. The molecule has 17 heavy (non-hydrogen) atoms. The number of hydrogen-bond acceptors (Lipinski definition) is 4. The monoisotopic (exact) mass is 238 g/mol. The second-order valence-electron chi connectivity index (χ2n) is 4.29. The zero-order valence-corrected chi connectivity index (χ0v) is 9.46. The van der Waals surface area contributed by atoms with E-state index in [1.54, 1.807) is 0 Å². The number of carbonyl (C=O) groups is 2. The molecule has 1 aromatic heterocycles. The van der Waals surface area contributed by atoms with Gasteiger partial charge >= 0.3 is 5.97 Å². The van der Waals surface area contributed by atoms with Gasteiger partial charge in [-0.2, -0.15) is 0 Å². The van der Waals surface area contributed by atoms with Crippen molar-refractivity contribution in [2.24, 2.45) is 5.92 Å². The molecule has 1 atom stereocenters. The van der Waals surface area contributed by atoms with Crippen molar-refractivity contribution >= 4 is 11.9 Å². The molecule has 1 heterocycles. The highest BCUT2D eigenvalue weighted by atomic mass is 16.4. The van der Waals surface area contributed by atoms with Gasteiger partial charge in [0.05, 0.1) is 6.20 Å². The molecule has 0 aromatic carbocycles. The lowest BCUT2D eigenvalue weighted by Gasteiger charge is -2.10. The van der Waals surface area contributed by atoms with E-state index in [2.05, 4.69) is 15.6 Å². The Bertz CT molecular complexity index is 439. The van der Waals surface area contributed by atoms with Gasteiger partial charge in [0.15, 0.2) is 5.69 Å². The van der Waals surface area contributed by atoms with E-state index >= 15 is 0 Å². The minimum absolute atomic E-state index is 0.132. The van der Waals surface area contributed by atoms with Crippen molar-refractivity contribution in [1.29, 1.82) is 0 Å². The Morgan fingerprint density at radius 2 is 2.35 bits per heavy atom. The Morgan fingerprint density at radius 1 is 1.65 bits per heavy atom. The van der Waals surface area contributed by atoms with Gasteiger partial charge < -0.3 is 10.4 Å². The van der Waals surface area contributed by atoms with E-state index in [-0.39, 0.29) is 24.2 Å². The molecule has 92 valence electrons. The highest BCUT2D eigenvalue weighted by Crippen LogP contribution is 2.32. The van der Waals surface area contributed by atoms with E-state index in [1.165, 1.54) is 6.20 Å². The van der Waals surface area contributed by atoms with Crippen LogP contribution in [0.5, 0.6) is 0 Å². The summed E-state index contributed by atoms with van der Waals surface area (Å²) in [7, 11) is 0. The Morgan fingerprint density at radius 3 is 2.94 bits per heavy atom. The Labute approximate surface area is 97.8 Å². The largest absolute Gasteiger partial charge is 0.480 e. The maximum atomic E-state index is 11.7. The average molecular weight is 238 g/mol. The van der Waals surface area contributed by atoms with Crippen LogP contribution in [-0.2, 0) is 11.3 Å². The first-order valence-electron chi connectivity index (χ1n) is 5.49. The van der Waals surface area contributed by atoms with Crippen LogP contribution >= 0.6 is 0 Å². The standard InChI is InChI=1S/C10H14N4O3/c1-6(7-2-3-7)11-10(17)8-4-14(13-12-8)5-9(15)16/h4,6-7H,2-3,5H2,1H3,(H,11,17)(H,15,16). The van der Waals surface area contributed by atoms with E-state index in [0.29, 0.717) is 5.92 Å². The van der Waals surface area contributed by atoms with Crippen LogP contribution in [0.25, 0.3) is 0 Å². The molecule has 0 radical (unpaired) electrons. The molecular weight excluding hydrogens is 224 g/mol. The van der Waals surface area contributed by atoms with Crippen molar-refractivity contribution in [2.45, 2.75) is 32.4 Å². The molecule has 1 amide bonds. The molecule has 0 aliphatic heterocycles. The second-order valence-corrected chi connectivity index (χ2v) is 4.29. The van der Waals surface area contributed by atoms with Gasteiger partial charge in [-0.1, -0.05) is 5.21 Å². The van der Waals surface area contributed by atoms with Crippen LogP contribution in [-0.4, -0.2) is 38.0 Å². The van der Waals surface area contributed by atoms with E-state index in [0.717, 1.165) is 17.5 Å². The van der Waals surface area contributed by atoms with Gasteiger partial charge in [-0.15, -0.1) is 5.10 Å². The molecule has 7 heteroatoms. The smallest absolute Gasteiger partial charge is 0.325 e. The molecular formula is C10H14N4O3. The van der Waals surface area contributed by atoms with Gasteiger partial charge in [-0.05, 0) is 25.7 Å². The summed E-state index contributed by atoms with van der Waals surface area (Å²) >= 11 is 0. The first-order chi connectivity index (χ1) is 8.06. The van der Waals surface area contributed by atoms with Gasteiger partial charge in [0, 0.05) is 6.04 Å². The Hall–Kier alpha value is -1.92.